The highest BCUT2D eigenvalue weighted by molar-refractivity contribution is 7.13. The topological polar surface area (TPSA) is 25.8 Å². The number of thiophene rings is 1. The van der Waals surface area contributed by atoms with Crippen LogP contribution in [0.4, 0.5) is 4.39 Å². The van der Waals surface area contributed by atoms with E-state index >= 15 is 0 Å². The highest BCUT2D eigenvalue weighted by Crippen LogP contribution is 2.36. The molecule has 2 nitrogen and oxygen atoms in total. The summed E-state index contributed by atoms with van der Waals surface area (Å²) >= 11 is 14.0. The molecular weight excluding hydrogens is 330 g/mol. The minimum Gasteiger partial charge on any atom is -0.215 e. The largest absolute Gasteiger partial charge is 0.215 e. The molecule has 1 aromatic carbocycles. The average molecular weight is 339 g/mol. The summed E-state index contributed by atoms with van der Waals surface area (Å²) < 4.78 is 13.3. The van der Waals surface area contributed by atoms with Gasteiger partial charge in [-0.1, -0.05) is 35.3 Å². The Morgan fingerprint density at radius 1 is 1.10 bits per heavy atom. The predicted molar refractivity (Wildman–Crippen MR) is 85.5 cm³/mol. The lowest BCUT2D eigenvalue weighted by atomic mass is 10.1. The van der Waals surface area contributed by atoms with E-state index in [0.29, 0.717) is 17.0 Å². The molecule has 106 valence electrons. The number of aryl methyl sites for hydroxylation is 1. The lowest BCUT2D eigenvalue weighted by Gasteiger charge is -2.08. The van der Waals surface area contributed by atoms with Gasteiger partial charge in [-0.05, 0) is 41.6 Å². The van der Waals surface area contributed by atoms with Crippen molar-refractivity contribution in [2.24, 2.45) is 0 Å². The maximum atomic E-state index is 13.3. The Hall–Kier alpha value is -1.49. The molecule has 0 unspecified atom stereocenters. The molecule has 3 aromatic rings. The van der Waals surface area contributed by atoms with E-state index in [1.54, 1.807) is 12.1 Å². The number of rotatable bonds is 2. The van der Waals surface area contributed by atoms with Crippen molar-refractivity contribution in [2.75, 3.05) is 0 Å². The first-order chi connectivity index (χ1) is 10.1. The van der Waals surface area contributed by atoms with Crippen molar-refractivity contribution in [3.05, 3.63) is 57.4 Å². The van der Waals surface area contributed by atoms with Crippen LogP contribution in [-0.4, -0.2) is 9.97 Å². The molecule has 3 rings (SSSR count). The molecule has 0 aliphatic rings. The molecule has 0 saturated carbocycles. The van der Waals surface area contributed by atoms with Gasteiger partial charge >= 0.3 is 0 Å². The van der Waals surface area contributed by atoms with Crippen LogP contribution >= 0.6 is 34.5 Å². The number of nitrogens with zero attached hydrogens (tertiary/aromatic N) is 2. The van der Waals surface area contributed by atoms with E-state index in [4.69, 9.17) is 23.2 Å². The normalized spacial score (nSPS) is 10.9. The zero-order valence-electron chi connectivity index (χ0n) is 10.9. The van der Waals surface area contributed by atoms with Crippen LogP contribution in [0.15, 0.2) is 35.7 Å². The summed E-state index contributed by atoms with van der Waals surface area (Å²) in [5, 5.41) is 2.38. The van der Waals surface area contributed by atoms with E-state index in [-0.39, 0.29) is 16.1 Å². The molecular formula is C15H9Cl2FN2S. The molecule has 0 aliphatic heterocycles. The Kier molecular flexibility index (Phi) is 3.93. The highest BCUT2D eigenvalue weighted by Gasteiger charge is 2.16. The third-order valence-electron chi connectivity index (χ3n) is 3.00. The SMILES string of the molecule is Cc1ccsc1-c1nc(Cl)c(-c2cccc(F)c2)c(Cl)n1. The quantitative estimate of drug-likeness (QED) is 0.566. The van der Waals surface area contributed by atoms with Gasteiger partial charge in [0.1, 0.15) is 16.1 Å². The molecule has 0 bridgehead atoms. The first kappa shape index (κ1) is 14.4. The van der Waals surface area contributed by atoms with Crippen molar-refractivity contribution < 1.29 is 4.39 Å². The average Bonchev–Trinajstić information content (AvgIpc) is 2.84. The van der Waals surface area contributed by atoms with Crippen LogP contribution in [0.1, 0.15) is 5.56 Å². The maximum Gasteiger partial charge on any atom is 0.172 e. The number of benzene rings is 1. The van der Waals surface area contributed by atoms with Crippen molar-refractivity contribution in [2.45, 2.75) is 6.92 Å². The lowest BCUT2D eigenvalue weighted by Crippen LogP contribution is -1.94. The van der Waals surface area contributed by atoms with Crippen molar-refractivity contribution in [3.63, 3.8) is 0 Å². The molecule has 6 heteroatoms. The van der Waals surface area contributed by atoms with Crippen molar-refractivity contribution in [1.29, 1.82) is 0 Å². The summed E-state index contributed by atoms with van der Waals surface area (Å²) in [6.45, 7) is 1.97. The van der Waals surface area contributed by atoms with Crippen LogP contribution < -0.4 is 0 Å². The van der Waals surface area contributed by atoms with Gasteiger partial charge < -0.3 is 0 Å². The second-order valence-corrected chi connectivity index (χ2v) is 6.08. The Morgan fingerprint density at radius 2 is 1.81 bits per heavy atom. The standard InChI is InChI=1S/C15H9Cl2FN2S/c1-8-5-6-21-12(8)15-19-13(16)11(14(17)20-15)9-3-2-4-10(18)7-9/h2-7H,1H3. The summed E-state index contributed by atoms with van der Waals surface area (Å²) in [6, 6.07) is 8.00. The van der Waals surface area contributed by atoms with Crippen LogP contribution in [0.3, 0.4) is 0 Å². The number of aromatic nitrogens is 2. The van der Waals surface area contributed by atoms with E-state index in [1.807, 2.05) is 18.4 Å². The van der Waals surface area contributed by atoms with Crippen molar-refractivity contribution in [3.8, 4) is 21.8 Å². The van der Waals surface area contributed by atoms with Crippen molar-refractivity contribution in [1.82, 2.24) is 9.97 Å². The van der Waals surface area contributed by atoms with Crippen LogP contribution in [0.25, 0.3) is 21.8 Å². The van der Waals surface area contributed by atoms with E-state index < -0.39 is 0 Å². The molecule has 0 radical (unpaired) electrons. The Labute approximate surface area is 135 Å². The molecule has 21 heavy (non-hydrogen) atoms. The van der Waals surface area contributed by atoms with Gasteiger partial charge in [-0.3, -0.25) is 0 Å². The molecule has 0 atom stereocenters. The fourth-order valence-electron chi connectivity index (χ4n) is 1.99. The Morgan fingerprint density at radius 3 is 2.38 bits per heavy atom. The smallest absolute Gasteiger partial charge is 0.172 e. The molecule has 0 fully saturated rings. The zero-order chi connectivity index (χ0) is 15.0. The van der Waals surface area contributed by atoms with Crippen molar-refractivity contribution >= 4 is 34.5 Å². The summed E-state index contributed by atoms with van der Waals surface area (Å²) in [6.07, 6.45) is 0. The number of halogens is 3. The fourth-order valence-corrected chi connectivity index (χ4v) is 3.46. The van der Waals surface area contributed by atoms with Gasteiger partial charge in [0.15, 0.2) is 5.82 Å². The molecule has 0 N–H and O–H groups in total. The second-order valence-electron chi connectivity index (χ2n) is 4.45. The van der Waals surface area contributed by atoms with Gasteiger partial charge in [0, 0.05) is 0 Å². The zero-order valence-corrected chi connectivity index (χ0v) is 13.2. The van der Waals surface area contributed by atoms with E-state index in [1.165, 1.54) is 23.5 Å². The summed E-state index contributed by atoms with van der Waals surface area (Å²) in [5.74, 6) is 0.121. The summed E-state index contributed by atoms with van der Waals surface area (Å²) in [5.41, 5.74) is 2.06. The molecule has 2 heterocycles. The van der Waals surface area contributed by atoms with Gasteiger partial charge in [-0.15, -0.1) is 11.3 Å². The molecule has 0 spiro atoms. The molecule has 0 aliphatic carbocycles. The predicted octanol–water partition coefficient (Wildman–Crippen LogP) is 5.63. The van der Waals surface area contributed by atoms with Gasteiger partial charge in [0.2, 0.25) is 0 Å². The van der Waals surface area contributed by atoms with E-state index in [9.17, 15) is 4.39 Å². The number of hydrogen-bond acceptors (Lipinski definition) is 3. The minimum absolute atomic E-state index is 0.211. The first-order valence-electron chi connectivity index (χ1n) is 6.09. The summed E-state index contributed by atoms with van der Waals surface area (Å²) in [4.78, 5) is 9.52. The van der Waals surface area contributed by atoms with Gasteiger partial charge in [-0.25, -0.2) is 14.4 Å². The number of hydrogen-bond donors (Lipinski definition) is 0. The van der Waals surface area contributed by atoms with Gasteiger partial charge in [0.25, 0.3) is 0 Å². The molecule has 2 aromatic heterocycles. The third-order valence-corrected chi connectivity index (χ3v) is 4.56. The second kappa shape index (κ2) is 5.72. The monoisotopic (exact) mass is 338 g/mol. The minimum atomic E-state index is -0.363. The van der Waals surface area contributed by atoms with E-state index in [0.717, 1.165) is 10.4 Å². The Balaban J connectivity index is 2.15. The highest BCUT2D eigenvalue weighted by atomic mass is 35.5. The maximum absolute atomic E-state index is 13.3. The Bertz CT molecular complexity index is 794. The van der Waals surface area contributed by atoms with E-state index in [2.05, 4.69) is 9.97 Å². The molecule has 0 saturated heterocycles. The fraction of sp³-hybridized carbons (Fsp3) is 0.0667. The van der Waals surface area contributed by atoms with Crippen LogP contribution in [0.5, 0.6) is 0 Å². The van der Waals surface area contributed by atoms with Crippen LogP contribution in [-0.2, 0) is 0 Å². The first-order valence-corrected chi connectivity index (χ1v) is 7.73. The molecule has 0 amide bonds. The van der Waals surface area contributed by atoms with Gasteiger partial charge in [0.05, 0.1) is 10.4 Å². The van der Waals surface area contributed by atoms with Gasteiger partial charge in [-0.2, -0.15) is 0 Å². The van der Waals surface area contributed by atoms with Crippen LogP contribution in [0, 0.1) is 12.7 Å². The van der Waals surface area contributed by atoms with Crippen LogP contribution in [0.2, 0.25) is 10.3 Å². The third kappa shape index (κ3) is 2.79. The summed E-state index contributed by atoms with van der Waals surface area (Å²) in [7, 11) is 0. The lowest BCUT2D eigenvalue weighted by molar-refractivity contribution is 0.628.